The number of aromatic hydroxyl groups is 1. The number of benzene rings is 3. The number of nitrogens with zero attached hydrogens (tertiary/aromatic N) is 4. The maximum absolute atomic E-state index is 9.89. The Labute approximate surface area is 155 Å². The summed E-state index contributed by atoms with van der Waals surface area (Å²) in [5.41, 5.74) is 6.02. The van der Waals surface area contributed by atoms with Gasteiger partial charge >= 0.3 is 0 Å². The number of phenolic OH excluding ortho intramolecular Hbond substituents is 1. The van der Waals surface area contributed by atoms with Gasteiger partial charge in [0.25, 0.3) is 0 Å². The average molecular weight is 352 g/mol. The largest absolute Gasteiger partial charge is 0.507 e. The molecule has 0 aliphatic carbocycles. The van der Waals surface area contributed by atoms with E-state index in [1.165, 1.54) is 0 Å². The first-order valence-electron chi connectivity index (χ1n) is 8.68. The Kier molecular flexibility index (Phi) is 3.40. The second-order valence-electron chi connectivity index (χ2n) is 6.46. The van der Waals surface area contributed by atoms with Crippen molar-refractivity contribution in [2.24, 2.45) is 12.0 Å². The smallest absolute Gasteiger partial charge is 0.160 e. The lowest BCUT2D eigenvalue weighted by Crippen LogP contribution is -1.91. The minimum atomic E-state index is 0.213. The number of para-hydroxylation sites is 3. The molecule has 1 N–H and O–H groups in total. The standard InChI is InChI=1S/C22H16N4O/c1-26-19-11-10-15(23-13-14-6-2-5-9-20(14)27)12-16(19)21-22(26)25-18-8-4-3-7-17(18)24-21/h2-13,27H,1H3. The maximum Gasteiger partial charge on any atom is 0.160 e. The number of hydrogen-bond acceptors (Lipinski definition) is 4. The van der Waals surface area contributed by atoms with Crippen LogP contribution in [0.3, 0.4) is 0 Å². The molecule has 0 fully saturated rings. The molecule has 5 rings (SSSR count). The number of aryl methyl sites for hydroxylation is 1. The summed E-state index contributed by atoms with van der Waals surface area (Å²) in [5, 5.41) is 10.9. The number of fused-ring (bicyclic) bond motifs is 4. The van der Waals surface area contributed by atoms with Crippen LogP contribution in [0.4, 0.5) is 5.69 Å². The van der Waals surface area contributed by atoms with Crippen molar-refractivity contribution in [1.82, 2.24) is 14.5 Å². The van der Waals surface area contributed by atoms with E-state index in [1.807, 2.05) is 61.6 Å². The van der Waals surface area contributed by atoms with Crippen LogP contribution in [-0.4, -0.2) is 25.9 Å². The van der Waals surface area contributed by atoms with Crippen molar-refractivity contribution in [3.05, 3.63) is 72.3 Å². The van der Waals surface area contributed by atoms with E-state index in [1.54, 1.807) is 18.3 Å². The van der Waals surface area contributed by atoms with Crippen molar-refractivity contribution in [3.8, 4) is 5.75 Å². The van der Waals surface area contributed by atoms with E-state index in [4.69, 9.17) is 9.97 Å². The normalized spacial score (nSPS) is 11.9. The Bertz CT molecular complexity index is 1350. The third-order valence-electron chi connectivity index (χ3n) is 4.76. The molecule has 5 nitrogen and oxygen atoms in total. The summed E-state index contributed by atoms with van der Waals surface area (Å²) in [6.07, 6.45) is 1.67. The second kappa shape index (κ2) is 5.92. The van der Waals surface area contributed by atoms with Gasteiger partial charge in [0.1, 0.15) is 11.3 Å². The first kappa shape index (κ1) is 15.5. The van der Waals surface area contributed by atoms with Crippen LogP contribution in [0.2, 0.25) is 0 Å². The van der Waals surface area contributed by atoms with Gasteiger partial charge in [-0.3, -0.25) is 4.99 Å². The molecule has 0 spiro atoms. The fraction of sp³-hybridized carbons (Fsp3) is 0.0455. The number of rotatable bonds is 2. The van der Waals surface area contributed by atoms with E-state index in [2.05, 4.69) is 9.56 Å². The summed E-state index contributed by atoms with van der Waals surface area (Å²) in [7, 11) is 2.00. The van der Waals surface area contributed by atoms with Gasteiger partial charge in [-0.25, -0.2) is 9.97 Å². The molecule has 0 unspecified atom stereocenters. The fourth-order valence-corrected chi connectivity index (χ4v) is 3.35. The molecule has 2 heterocycles. The van der Waals surface area contributed by atoms with Crippen molar-refractivity contribution in [1.29, 1.82) is 0 Å². The van der Waals surface area contributed by atoms with Gasteiger partial charge in [0, 0.05) is 24.2 Å². The quantitative estimate of drug-likeness (QED) is 0.467. The molecule has 0 atom stereocenters. The molecule has 0 aliphatic heterocycles. The Hall–Kier alpha value is -3.73. The maximum atomic E-state index is 9.89. The van der Waals surface area contributed by atoms with E-state index in [0.717, 1.165) is 38.8 Å². The molecule has 0 amide bonds. The van der Waals surface area contributed by atoms with Gasteiger partial charge in [-0.05, 0) is 42.5 Å². The van der Waals surface area contributed by atoms with Crippen molar-refractivity contribution in [2.45, 2.75) is 0 Å². The summed E-state index contributed by atoms with van der Waals surface area (Å²) in [4.78, 5) is 14.1. The highest BCUT2D eigenvalue weighted by Gasteiger charge is 2.12. The van der Waals surface area contributed by atoms with Gasteiger partial charge in [-0.1, -0.05) is 24.3 Å². The molecule has 130 valence electrons. The number of aromatic nitrogens is 3. The van der Waals surface area contributed by atoms with Gasteiger partial charge in [0.2, 0.25) is 0 Å². The summed E-state index contributed by atoms with van der Waals surface area (Å²) in [6.45, 7) is 0. The van der Waals surface area contributed by atoms with Crippen molar-refractivity contribution < 1.29 is 5.11 Å². The molecule has 2 aromatic heterocycles. The second-order valence-corrected chi connectivity index (χ2v) is 6.46. The molecule has 5 heteroatoms. The lowest BCUT2D eigenvalue weighted by molar-refractivity contribution is 0.474. The monoisotopic (exact) mass is 352 g/mol. The predicted octanol–water partition coefficient (Wildman–Crippen LogP) is 4.73. The van der Waals surface area contributed by atoms with Crippen LogP contribution in [0.5, 0.6) is 5.75 Å². The molecule has 0 bridgehead atoms. The Morgan fingerprint density at radius 3 is 2.48 bits per heavy atom. The molecule has 3 aromatic carbocycles. The Balaban J connectivity index is 1.69. The van der Waals surface area contributed by atoms with Crippen molar-refractivity contribution in [2.75, 3.05) is 0 Å². The lowest BCUT2D eigenvalue weighted by Gasteiger charge is -1.99. The zero-order chi connectivity index (χ0) is 18.4. The molecule has 0 saturated carbocycles. The fourth-order valence-electron chi connectivity index (χ4n) is 3.35. The van der Waals surface area contributed by atoms with Crippen LogP contribution in [0.25, 0.3) is 33.1 Å². The molecular weight excluding hydrogens is 336 g/mol. The zero-order valence-electron chi connectivity index (χ0n) is 14.7. The minimum absolute atomic E-state index is 0.213. The van der Waals surface area contributed by atoms with E-state index < -0.39 is 0 Å². The van der Waals surface area contributed by atoms with Crippen molar-refractivity contribution in [3.63, 3.8) is 0 Å². The average Bonchev–Trinajstić information content (AvgIpc) is 2.97. The Morgan fingerprint density at radius 2 is 1.67 bits per heavy atom. The lowest BCUT2D eigenvalue weighted by atomic mass is 10.2. The Morgan fingerprint density at radius 1 is 0.926 bits per heavy atom. The summed E-state index contributed by atoms with van der Waals surface area (Å²) < 4.78 is 2.06. The van der Waals surface area contributed by atoms with E-state index >= 15 is 0 Å². The van der Waals surface area contributed by atoms with Gasteiger partial charge < -0.3 is 9.67 Å². The van der Waals surface area contributed by atoms with E-state index in [9.17, 15) is 5.11 Å². The first-order chi connectivity index (χ1) is 13.2. The number of aliphatic imine (C=N–C) groups is 1. The highest BCUT2D eigenvalue weighted by Crippen LogP contribution is 2.30. The van der Waals surface area contributed by atoms with Crippen LogP contribution in [0.1, 0.15) is 5.56 Å². The van der Waals surface area contributed by atoms with Crippen LogP contribution < -0.4 is 0 Å². The van der Waals surface area contributed by atoms with Gasteiger partial charge in [0.05, 0.1) is 22.2 Å². The van der Waals surface area contributed by atoms with Crippen LogP contribution >= 0.6 is 0 Å². The number of hydrogen-bond donors (Lipinski definition) is 1. The summed E-state index contributed by atoms with van der Waals surface area (Å²) in [6, 6.07) is 21.0. The third-order valence-corrected chi connectivity index (χ3v) is 4.76. The van der Waals surface area contributed by atoms with Gasteiger partial charge in [0.15, 0.2) is 5.65 Å². The van der Waals surface area contributed by atoms with Crippen LogP contribution in [-0.2, 0) is 7.05 Å². The molecule has 5 aromatic rings. The summed E-state index contributed by atoms with van der Waals surface area (Å²) in [5.74, 6) is 0.213. The molecule has 0 radical (unpaired) electrons. The van der Waals surface area contributed by atoms with Crippen LogP contribution in [0, 0.1) is 0 Å². The molecule has 27 heavy (non-hydrogen) atoms. The number of phenols is 1. The van der Waals surface area contributed by atoms with Crippen LogP contribution in [0.15, 0.2) is 71.7 Å². The molecule has 0 aliphatic rings. The highest BCUT2D eigenvalue weighted by molar-refractivity contribution is 6.07. The van der Waals surface area contributed by atoms with Gasteiger partial charge in [-0.15, -0.1) is 0 Å². The topological polar surface area (TPSA) is 63.3 Å². The SMILES string of the molecule is Cn1c2ccc(N=Cc3ccccc3O)cc2c2nc3ccccc3nc21. The third kappa shape index (κ3) is 2.52. The van der Waals surface area contributed by atoms with E-state index in [0.29, 0.717) is 5.56 Å². The van der Waals surface area contributed by atoms with Gasteiger partial charge in [-0.2, -0.15) is 0 Å². The van der Waals surface area contributed by atoms with E-state index in [-0.39, 0.29) is 5.75 Å². The molecular formula is C22H16N4O. The minimum Gasteiger partial charge on any atom is -0.507 e. The molecule has 0 saturated heterocycles. The first-order valence-corrected chi connectivity index (χ1v) is 8.68. The summed E-state index contributed by atoms with van der Waals surface area (Å²) >= 11 is 0. The highest BCUT2D eigenvalue weighted by atomic mass is 16.3. The predicted molar refractivity (Wildman–Crippen MR) is 109 cm³/mol. The zero-order valence-corrected chi connectivity index (χ0v) is 14.7. The van der Waals surface area contributed by atoms with Crippen molar-refractivity contribution >= 4 is 45.0 Å².